The molecule has 0 radical (unpaired) electrons. The summed E-state index contributed by atoms with van der Waals surface area (Å²) in [5, 5.41) is 10.3. The largest absolute Gasteiger partial charge is 0.462 e. The van der Waals surface area contributed by atoms with Crippen LogP contribution in [0.2, 0.25) is 0 Å². The second-order valence-electron chi connectivity index (χ2n) is 13.8. The highest BCUT2D eigenvalue weighted by Crippen LogP contribution is 2.67. The van der Waals surface area contributed by atoms with Crippen molar-refractivity contribution >= 4 is 5.97 Å². The molecule has 3 fully saturated rings. The van der Waals surface area contributed by atoms with E-state index in [1.54, 1.807) is 5.57 Å². The third-order valence-electron chi connectivity index (χ3n) is 11.2. The van der Waals surface area contributed by atoms with Gasteiger partial charge in [0.1, 0.15) is 6.10 Å². The Hall–Kier alpha value is -0.830. The van der Waals surface area contributed by atoms with Gasteiger partial charge in [-0.25, -0.2) is 0 Å². The lowest BCUT2D eigenvalue weighted by atomic mass is 9.47. The smallest absolute Gasteiger partial charge is 0.308 e. The number of allylic oxidation sites excluding steroid dienone is 1. The number of esters is 1. The average Bonchev–Trinajstić information content (AvgIpc) is 3.13. The van der Waals surface area contributed by atoms with Gasteiger partial charge in [-0.1, -0.05) is 60.1 Å². The molecule has 3 nitrogen and oxygen atoms in total. The Bertz CT molecular complexity index is 769. The maximum absolute atomic E-state index is 12.2. The van der Waals surface area contributed by atoms with E-state index in [1.807, 2.05) is 13.8 Å². The van der Waals surface area contributed by atoms with Crippen LogP contribution in [0.5, 0.6) is 0 Å². The Morgan fingerprint density at radius 3 is 2.44 bits per heavy atom. The molecule has 0 aromatic rings. The van der Waals surface area contributed by atoms with E-state index < -0.39 is 0 Å². The predicted molar refractivity (Wildman–Crippen MR) is 139 cm³/mol. The zero-order valence-electron chi connectivity index (χ0n) is 23.1. The zero-order valence-corrected chi connectivity index (χ0v) is 23.1. The molecule has 0 aromatic heterocycles. The summed E-state index contributed by atoms with van der Waals surface area (Å²) in [5.74, 6) is 4.23. The fourth-order valence-corrected chi connectivity index (χ4v) is 9.06. The summed E-state index contributed by atoms with van der Waals surface area (Å²) in [6, 6.07) is 0. The van der Waals surface area contributed by atoms with E-state index in [9.17, 15) is 9.90 Å². The third-order valence-corrected chi connectivity index (χ3v) is 11.2. The lowest BCUT2D eigenvalue weighted by molar-refractivity contribution is -0.155. The minimum Gasteiger partial charge on any atom is -0.462 e. The number of fused-ring (bicyclic) bond motifs is 5. The highest BCUT2D eigenvalue weighted by Gasteiger charge is 2.59. The van der Waals surface area contributed by atoms with Crippen LogP contribution in [0.3, 0.4) is 0 Å². The van der Waals surface area contributed by atoms with Gasteiger partial charge in [0.25, 0.3) is 0 Å². The van der Waals surface area contributed by atoms with Gasteiger partial charge in [-0.2, -0.15) is 0 Å². The first kappa shape index (κ1) is 26.2. The first-order valence-electron chi connectivity index (χ1n) is 14.6. The van der Waals surface area contributed by atoms with E-state index in [0.717, 1.165) is 49.4 Å². The molecule has 0 heterocycles. The fraction of sp³-hybridized carbons (Fsp3) is 0.903. The van der Waals surface area contributed by atoms with E-state index >= 15 is 0 Å². The van der Waals surface area contributed by atoms with Gasteiger partial charge in [-0.3, -0.25) is 4.79 Å². The molecule has 0 aliphatic heterocycles. The van der Waals surface area contributed by atoms with Crippen LogP contribution < -0.4 is 0 Å². The summed E-state index contributed by atoms with van der Waals surface area (Å²) in [6.07, 6.45) is 14.5. The Labute approximate surface area is 209 Å². The second-order valence-corrected chi connectivity index (χ2v) is 13.8. The number of carbonyl (C=O) groups is 1. The van der Waals surface area contributed by atoms with E-state index in [0.29, 0.717) is 22.7 Å². The molecule has 3 saturated carbocycles. The van der Waals surface area contributed by atoms with Crippen LogP contribution >= 0.6 is 0 Å². The van der Waals surface area contributed by atoms with Crippen molar-refractivity contribution in [3.05, 3.63) is 11.6 Å². The number of aliphatic hydroxyl groups excluding tert-OH is 1. The highest BCUT2D eigenvalue weighted by atomic mass is 16.5. The van der Waals surface area contributed by atoms with Gasteiger partial charge in [-0.15, -0.1) is 0 Å². The second kappa shape index (κ2) is 9.91. The molecule has 194 valence electrons. The standard InChI is InChI=1S/C31H52O3/c1-19(2)28(34-29(33)20(3)4)13-8-21(5)25-11-12-26-24-10-9-22-18-23(32)14-16-30(22,6)27(24)15-17-31(25,26)7/h9,19-21,23-28,32H,8,10-18H2,1-7H3/t21-,23+,24+,25-,26+,27+,28+,30+,31-/m1/s1. The van der Waals surface area contributed by atoms with Crippen LogP contribution in [0.1, 0.15) is 113 Å². The molecular weight excluding hydrogens is 420 g/mol. The molecule has 0 amide bonds. The zero-order chi connectivity index (χ0) is 24.8. The van der Waals surface area contributed by atoms with Crippen LogP contribution in [0.25, 0.3) is 0 Å². The highest BCUT2D eigenvalue weighted by molar-refractivity contribution is 5.71. The van der Waals surface area contributed by atoms with Crippen LogP contribution in [0.15, 0.2) is 11.6 Å². The Kier molecular flexibility index (Phi) is 7.65. The number of ether oxygens (including phenoxy) is 1. The molecule has 4 aliphatic carbocycles. The fourth-order valence-electron chi connectivity index (χ4n) is 9.06. The summed E-state index contributed by atoms with van der Waals surface area (Å²) < 4.78 is 5.89. The van der Waals surface area contributed by atoms with Crippen molar-refractivity contribution < 1.29 is 14.6 Å². The quantitative estimate of drug-likeness (QED) is 0.307. The van der Waals surface area contributed by atoms with Gasteiger partial charge in [-0.05, 0) is 111 Å². The molecule has 1 N–H and O–H groups in total. The summed E-state index contributed by atoms with van der Waals surface area (Å²) >= 11 is 0. The number of hydrogen-bond donors (Lipinski definition) is 1. The van der Waals surface area contributed by atoms with E-state index in [4.69, 9.17) is 4.74 Å². The Balaban J connectivity index is 1.43. The summed E-state index contributed by atoms with van der Waals surface area (Å²) in [4.78, 5) is 12.2. The lowest BCUT2D eigenvalue weighted by Crippen LogP contribution is -2.50. The molecule has 0 unspecified atom stereocenters. The van der Waals surface area contributed by atoms with Crippen LogP contribution in [-0.4, -0.2) is 23.3 Å². The molecule has 0 bridgehead atoms. The van der Waals surface area contributed by atoms with Gasteiger partial charge < -0.3 is 9.84 Å². The maximum Gasteiger partial charge on any atom is 0.308 e. The van der Waals surface area contributed by atoms with Crippen molar-refractivity contribution in [1.82, 2.24) is 0 Å². The molecule has 9 atom stereocenters. The number of carbonyl (C=O) groups excluding carboxylic acids is 1. The summed E-state index contributed by atoms with van der Waals surface area (Å²) in [5.41, 5.74) is 2.37. The molecule has 3 heteroatoms. The monoisotopic (exact) mass is 472 g/mol. The van der Waals surface area contributed by atoms with E-state index in [2.05, 4.69) is 40.7 Å². The number of rotatable bonds is 7. The summed E-state index contributed by atoms with van der Waals surface area (Å²) in [7, 11) is 0. The minimum absolute atomic E-state index is 0.0431. The topological polar surface area (TPSA) is 46.5 Å². The first-order valence-corrected chi connectivity index (χ1v) is 14.6. The van der Waals surface area contributed by atoms with Crippen molar-refractivity contribution in [2.75, 3.05) is 0 Å². The normalized spacial score (nSPS) is 41.4. The van der Waals surface area contributed by atoms with Gasteiger partial charge in [0.15, 0.2) is 0 Å². The van der Waals surface area contributed by atoms with Crippen LogP contribution in [0, 0.1) is 52.3 Å². The van der Waals surface area contributed by atoms with Gasteiger partial charge in [0.05, 0.1) is 12.0 Å². The lowest BCUT2D eigenvalue weighted by Gasteiger charge is -2.58. The van der Waals surface area contributed by atoms with Crippen molar-refractivity contribution in [2.24, 2.45) is 52.3 Å². The molecule has 4 aliphatic rings. The minimum atomic E-state index is -0.115. The third kappa shape index (κ3) is 4.64. The average molecular weight is 473 g/mol. The van der Waals surface area contributed by atoms with E-state index in [-0.39, 0.29) is 24.1 Å². The number of hydrogen-bond acceptors (Lipinski definition) is 3. The Morgan fingerprint density at radius 2 is 1.76 bits per heavy atom. The predicted octanol–water partition coefficient (Wildman–Crippen LogP) is 7.57. The van der Waals surface area contributed by atoms with Crippen LogP contribution in [-0.2, 0) is 9.53 Å². The van der Waals surface area contributed by atoms with Gasteiger partial charge in [0, 0.05) is 0 Å². The first-order chi connectivity index (χ1) is 16.0. The number of aliphatic hydroxyl groups is 1. The molecule has 0 saturated heterocycles. The molecule has 0 spiro atoms. The maximum atomic E-state index is 12.2. The van der Waals surface area contributed by atoms with Gasteiger partial charge in [0.2, 0.25) is 0 Å². The van der Waals surface area contributed by atoms with Crippen molar-refractivity contribution in [3.8, 4) is 0 Å². The van der Waals surface area contributed by atoms with Crippen molar-refractivity contribution in [1.29, 1.82) is 0 Å². The van der Waals surface area contributed by atoms with Gasteiger partial charge >= 0.3 is 5.97 Å². The molecule has 34 heavy (non-hydrogen) atoms. The molecule has 0 aromatic carbocycles. The van der Waals surface area contributed by atoms with Crippen LogP contribution in [0.4, 0.5) is 0 Å². The molecular formula is C31H52O3. The Morgan fingerprint density at radius 1 is 1.03 bits per heavy atom. The SMILES string of the molecule is CC(C)C(=O)O[C@@H](CC[C@@H](C)[C@H]1CC[C@H]2[C@@H]3CC=C4C[C@@H](O)CC[C@]4(C)[C@H]3CC[C@]12C)C(C)C. The van der Waals surface area contributed by atoms with E-state index in [1.165, 1.54) is 38.5 Å². The van der Waals surface area contributed by atoms with Crippen molar-refractivity contribution in [3.63, 3.8) is 0 Å². The van der Waals surface area contributed by atoms with Crippen molar-refractivity contribution in [2.45, 2.75) is 125 Å². The summed E-state index contributed by atoms with van der Waals surface area (Å²) in [6.45, 7) is 15.9. The molecule has 4 rings (SSSR count).